The smallest absolute Gasteiger partial charge is 0.165 e. The Hall–Kier alpha value is -1.96. The zero-order valence-corrected chi connectivity index (χ0v) is 17.5. The summed E-state index contributed by atoms with van der Waals surface area (Å²) in [5.74, 6) is 0.985. The summed E-state index contributed by atoms with van der Waals surface area (Å²) in [7, 11) is 0. The maximum atomic E-state index is 10.3. The number of aryl methyl sites for hydroxylation is 1. The number of hydrogen-bond donors (Lipinski definition) is 2. The van der Waals surface area contributed by atoms with Gasteiger partial charge in [-0.2, -0.15) is 5.10 Å². The second-order valence-electron chi connectivity index (χ2n) is 5.43. The molecule has 1 aromatic heterocycles. The number of aromatic hydroxyl groups is 1. The summed E-state index contributed by atoms with van der Waals surface area (Å²) >= 11 is 12.7. The number of nitrogens with one attached hydrogen (secondary N) is 1. The number of rotatable bonds is 4. The van der Waals surface area contributed by atoms with Gasteiger partial charge in [0.25, 0.3) is 0 Å². The van der Waals surface area contributed by atoms with Gasteiger partial charge >= 0.3 is 0 Å². The van der Waals surface area contributed by atoms with Crippen molar-refractivity contribution >= 4 is 55.5 Å². The Kier molecular flexibility index (Phi) is 5.90. The van der Waals surface area contributed by atoms with Crippen LogP contribution in [0.1, 0.15) is 11.3 Å². The quantitative estimate of drug-likeness (QED) is 0.355. The third-order valence-corrected chi connectivity index (χ3v) is 4.66. The molecule has 0 unspecified atom stereocenters. The number of aromatic nitrogens is 2. The van der Waals surface area contributed by atoms with Crippen LogP contribution in [0.2, 0.25) is 5.02 Å². The lowest BCUT2D eigenvalue weighted by molar-refractivity contribution is 0.473. The topological polar surface area (TPSA) is 70.4 Å². The summed E-state index contributed by atoms with van der Waals surface area (Å²) in [6.45, 7) is 1.85. The minimum Gasteiger partial charge on any atom is -0.506 e. The molecule has 5 nitrogen and oxygen atoms in total. The number of nitrogens with zero attached hydrogens (tertiary/aromatic N) is 3. The number of hydrogen-bond acceptors (Lipinski definition) is 5. The molecule has 0 radical (unpaired) electrons. The molecule has 132 valence electrons. The monoisotopic (exact) mass is 494 g/mol. The Morgan fingerprint density at radius 1 is 1.15 bits per heavy atom. The van der Waals surface area contributed by atoms with Gasteiger partial charge in [-0.1, -0.05) is 39.7 Å². The van der Waals surface area contributed by atoms with Gasteiger partial charge in [-0.05, 0) is 52.7 Å². The van der Waals surface area contributed by atoms with Crippen molar-refractivity contribution in [2.75, 3.05) is 5.43 Å². The molecular formula is C18H13Br2ClN4O. The van der Waals surface area contributed by atoms with Crippen molar-refractivity contribution in [1.82, 2.24) is 9.97 Å². The fourth-order valence-electron chi connectivity index (χ4n) is 2.24. The molecule has 0 spiro atoms. The lowest BCUT2D eigenvalue weighted by atomic mass is 10.2. The van der Waals surface area contributed by atoms with Gasteiger partial charge in [-0.15, -0.1) is 0 Å². The van der Waals surface area contributed by atoms with Crippen LogP contribution in [0.25, 0.3) is 11.4 Å². The van der Waals surface area contributed by atoms with Gasteiger partial charge in [0.1, 0.15) is 5.75 Å². The van der Waals surface area contributed by atoms with Crippen molar-refractivity contribution in [3.63, 3.8) is 0 Å². The predicted octanol–water partition coefficient (Wildman–Crippen LogP) is 5.78. The van der Waals surface area contributed by atoms with Gasteiger partial charge in [0, 0.05) is 21.3 Å². The molecule has 0 aliphatic rings. The molecule has 0 aliphatic carbocycles. The van der Waals surface area contributed by atoms with Crippen LogP contribution < -0.4 is 5.43 Å². The maximum Gasteiger partial charge on any atom is 0.165 e. The van der Waals surface area contributed by atoms with Crippen LogP contribution in [0.15, 0.2) is 56.5 Å². The van der Waals surface area contributed by atoms with Gasteiger partial charge < -0.3 is 5.11 Å². The van der Waals surface area contributed by atoms with Crippen molar-refractivity contribution in [3.05, 3.63) is 67.7 Å². The summed E-state index contributed by atoms with van der Waals surface area (Å²) in [6, 6.07) is 12.6. The summed E-state index contributed by atoms with van der Waals surface area (Å²) < 4.78 is 1.36. The molecule has 0 aliphatic heterocycles. The van der Waals surface area contributed by atoms with Gasteiger partial charge in [0.05, 0.1) is 16.3 Å². The molecule has 2 N–H and O–H groups in total. The fourth-order valence-corrected chi connectivity index (χ4v) is 3.67. The minimum absolute atomic E-state index is 0.0761. The number of hydrazone groups is 1. The van der Waals surface area contributed by atoms with Crippen LogP contribution in [0.5, 0.6) is 5.75 Å². The van der Waals surface area contributed by atoms with E-state index < -0.39 is 0 Å². The second-order valence-corrected chi connectivity index (χ2v) is 7.63. The highest BCUT2D eigenvalue weighted by Crippen LogP contribution is 2.37. The van der Waals surface area contributed by atoms with E-state index in [1.165, 1.54) is 0 Å². The molecule has 0 saturated heterocycles. The standard InChI is InChI=1S/C18H13Br2ClN4O/c1-10-5-16(25-22-9-11-3-2-4-13(21)6-11)24-18(23-10)14-7-12(19)8-15(20)17(14)26/h2-9,26H,1H3,(H,23,24,25). The lowest BCUT2D eigenvalue weighted by Crippen LogP contribution is -1.99. The Labute approximate surface area is 172 Å². The molecule has 0 bridgehead atoms. The Morgan fingerprint density at radius 2 is 1.96 bits per heavy atom. The van der Waals surface area contributed by atoms with Crippen LogP contribution in [-0.4, -0.2) is 21.3 Å². The molecule has 1 heterocycles. The van der Waals surface area contributed by atoms with E-state index >= 15 is 0 Å². The first-order chi connectivity index (χ1) is 12.4. The lowest BCUT2D eigenvalue weighted by Gasteiger charge is -2.09. The van der Waals surface area contributed by atoms with Gasteiger partial charge in [-0.3, -0.25) is 5.43 Å². The Bertz CT molecular complexity index is 995. The summed E-state index contributed by atoms with van der Waals surface area (Å²) in [5, 5.41) is 15.1. The second kappa shape index (κ2) is 8.16. The first kappa shape index (κ1) is 18.8. The molecule has 0 saturated carbocycles. The van der Waals surface area contributed by atoms with Gasteiger partial charge in [0.15, 0.2) is 11.6 Å². The average Bonchev–Trinajstić information content (AvgIpc) is 2.57. The zero-order chi connectivity index (χ0) is 18.7. The average molecular weight is 497 g/mol. The van der Waals surface area contributed by atoms with Crippen LogP contribution in [-0.2, 0) is 0 Å². The van der Waals surface area contributed by atoms with Crippen molar-refractivity contribution in [3.8, 4) is 17.1 Å². The predicted molar refractivity (Wildman–Crippen MR) is 112 cm³/mol. The number of halogens is 3. The van der Waals surface area contributed by atoms with E-state index in [0.29, 0.717) is 26.7 Å². The third-order valence-electron chi connectivity index (χ3n) is 3.36. The molecule has 0 fully saturated rings. The highest BCUT2D eigenvalue weighted by molar-refractivity contribution is 9.11. The van der Waals surface area contributed by atoms with E-state index in [9.17, 15) is 5.11 Å². The van der Waals surface area contributed by atoms with Crippen molar-refractivity contribution < 1.29 is 5.11 Å². The molecule has 8 heteroatoms. The third kappa shape index (κ3) is 4.60. The van der Waals surface area contributed by atoms with Crippen molar-refractivity contribution in [2.24, 2.45) is 5.10 Å². The van der Waals surface area contributed by atoms with E-state index in [2.05, 4.69) is 52.4 Å². The minimum atomic E-state index is 0.0761. The largest absolute Gasteiger partial charge is 0.506 e. The highest BCUT2D eigenvalue weighted by Gasteiger charge is 2.13. The number of anilines is 1. The SMILES string of the molecule is Cc1cc(NN=Cc2cccc(Cl)c2)nc(-c2cc(Br)cc(Br)c2O)n1. The van der Waals surface area contributed by atoms with E-state index in [1.54, 1.807) is 36.5 Å². The van der Waals surface area contributed by atoms with Crippen molar-refractivity contribution in [1.29, 1.82) is 0 Å². The Balaban J connectivity index is 1.89. The molecule has 3 rings (SSSR count). The molecular weight excluding hydrogens is 483 g/mol. The zero-order valence-electron chi connectivity index (χ0n) is 13.5. The van der Waals surface area contributed by atoms with Crippen molar-refractivity contribution in [2.45, 2.75) is 6.92 Å². The van der Waals surface area contributed by atoms with E-state index in [-0.39, 0.29) is 5.75 Å². The maximum absolute atomic E-state index is 10.3. The number of phenols is 1. The fraction of sp³-hybridized carbons (Fsp3) is 0.0556. The highest BCUT2D eigenvalue weighted by atomic mass is 79.9. The van der Waals surface area contributed by atoms with E-state index in [4.69, 9.17) is 11.6 Å². The van der Waals surface area contributed by atoms with Crippen LogP contribution in [0.3, 0.4) is 0 Å². The van der Waals surface area contributed by atoms with E-state index in [1.807, 2.05) is 19.1 Å². The molecule has 0 amide bonds. The van der Waals surface area contributed by atoms with E-state index in [0.717, 1.165) is 15.7 Å². The number of phenolic OH excluding ortho intramolecular Hbond substituents is 1. The van der Waals surface area contributed by atoms with Crippen LogP contribution in [0.4, 0.5) is 5.82 Å². The molecule has 0 atom stereocenters. The Morgan fingerprint density at radius 3 is 2.73 bits per heavy atom. The normalized spacial score (nSPS) is 11.1. The number of benzene rings is 2. The summed E-state index contributed by atoms with van der Waals surface area (Å²) in [5.41, 5.74) is 5.00. The van der Waals surface area contributed by atoms with Crippen LogP contribution >= 0.6 is 43.5 Å². The molecule has 26 heavy (non-hydrogen) atoms. The van der Waals surface area contributed by atoms with Gasteiger partial charge in [0.2, 0.25) is 0 Å². The molecule has 3 aromatic rings. The molecule has 2 aromatic carbocycles. The van der Waals surface area contributed by atoms with Crippen LogP contribution in [0, 0.1) is 6.92 Å². The summed E-state index contributed by atoms with van der Waals surface area (Å²) in [6.07, 6.45) is 1.65. The first-order valence-electron chi connectivity index (χ1n) is 7.51. The van der Waals surface area contributed by atoms with Gasteiger partial charge in [-0.25, -0.2) is 9.97 Å². The summed E-state index contributed by atoms with van der Waals surface area (Å²) in [4.78, 5) is 8.83. The first-order valence-corrected chi connectivity index (χ1v) is 9.47.